The molecule has 2 aromatic rings. The van der Waals surface area contributed by atoms with Gasteiger partial charge >= 0.3 is 24.1 Å². The van der Waals surface area contributed by atoms with Crippen LogP contribution in [0, 0.1) is 5.92 Å². The second kappa shape index (κ2) is 18.0. The smallest absolute Gasteiger partial charge is 0.407 e. The third-order valence-corrected chi connectivity index (χ3v) is 10.2. The van der Waals surface area contributed by atoms with Crippen LogP contribution in [0.25, 0.3) is 11.1 Å². The number of Topliss-reactive ketones (excluding diaryl/α,β-unsaturated/α-hetero) is 2. The number of ether oxygens (including phenoxy) is 4. The lowest BCUT2D eigenvalue weighted by molar-refractivity contribution is -0.155. The molecule has 3 fully saturated rings. The quantitative estimate of drug-likeness (QED) is 0.172. The molecule has 0 radical (unpaired) electrons. The van der Waals surface area contributed by atoms with Gasteiger partial charge in [0.05, 0.1) is 14.2 Å². The van der Waals surface area contributed by atoms with Crippen LogP contribution < -0.4 is 10.6 Å². The number of fused-ring (bicyclic) bond motifs is 1. The van der Waals surface area contributed by atoms with Crippen LogP contribution in [0.2, 0.25) is 0 Å². The molecule has 55 heavy (non-hydrogen) atoms. The van der Waals surface area contributed by atoms with Crippen LogP contribution in [0.4, 0.5) is 9.59 Å². The van der Waals surface area contributed by atoms with Crippen molar-refractivity contribution in [1.29, 1.82) is 0 Å². The van der Waals surface area contributed by atoms with E-state index in [2.05, 4.69) is 20.1 Å². The second-order valence-electron chi connectivity index (χ2n) is 14.0. The lowest BCUT2D eigenvalue weighted by Gasteiger charge is -2.37. The second-order valence-corrected chi connectivity index (χ2v) is 14.0. The summed E-state index contributed by atoms with van der Waals surface area (Å²) in [5.74, 6) is -3.31. The maximum atomic E-state index is 13.2. The van der Waals surface area contributed by atoms with Gasteiger partial charge in [0.2, 0.25) is 11.8 Å². The van der Waals surface area contributed by atoms with E-state index in [1.54, 1.807) is 62.4 Å². The number of hydrogen-bond acceptors (Lipinski definition) is 12. The van der Waals surface area contributed by atoms with Crippen molar-refractivity contribution < 1.29 is 57.3 Å². The minimum Gasteiger partial charge on any atom is -0.456 e. The third kappa shape index (κ3) is 9.48. The summed E-state index contributed by atoms with van der Waals surface area (Å²) in [5, 5.41) is 5.03. The van der Waals surface area contributed by atoms with E-state index in [-0.39, 0.29) is 17.9 Å². The van der Waals surface area contributed by atoms with Gasteiger partial charge in [-0.3, -0.25) is 19.2 Å². The molecule has 16 heteroatoms. The first-order chi connectivity index (χ1) is 26.3. The van der Waals surface area contributed by atoms with Gasteiger partial charge < -0.3 is 39.4 Å². The van der Waals surface area contributed by atoms with Crippen molar-refractivity contribution >= 4 is 47.5 Å². The van der Waals surface area contributed by atoms with Crippen molar-refractivity contribution in [3.8, 4) is 11.1 Å². The van der Waals surface area contributed by atoms with Gasteiger partial charge in [-0.15, -0.1) is 0 Å². The van der Waals surface area contributed by atoms with Gasteiger partial charge in [-0.25, -0.2) is 19.2 Å². The van der Waals surface area contributed by atoms with Gasteiger partial charge in [0.25, 0.3) is 0 Å². The summed E-state index contributed by atoms with van der Waals surface area (Å²) in [4.78, 5) is 104. The SMILES string of the molecule is COC(=O)N[C@H]1CC[C@@H]2CC[C@@H](C(=O)OCC(=O)c3ccc(-c4ccc(C(=O)COC(=O)[C@@H]5CCCN5C(=O)[C@@H](NC(=O)OC)C(C)C)cc4)cc3)N2C1=O. The highest BCUT2D eigenvalue weighted by molar-refractivity contribution is 6.00. The van der Waals surface area contributed by atoms with Crippen molar-refractivity contribution in [2.24, 2.45) is 5.92 Å². The van der Waals surface area contributed by atoms with Crippen LogP contribution in [0.5, 0.6) is 0 Å². The fourth-order valence-corrected chi connectivity index (χ4v) is 7.21. The first kappa shape index (κ1) is 40.4. The molecule has 0 aromatic heterocycles. The molecule has 16 nitrogen and oxygen atoms in total. The summed E-state index contributed by atoms with van der Waals surface area (Å²) in [5.41, 5.74) is 2.12. The number of nitrogens with one attached hydrogen (secondary N) is 2. The van der Waals surface area contributed by atoms with E-state index in [0.29, 0.717) is 56.2 Å². The highest BCUT2D eigenvalue weighted by Crippen LogP contribution is 2.33. The Kier molecular flexibility index (Phi) is 13.2. The van der Waals surface area contributed by atoms with Gasteiger partial charge in [0, 0.05) is 23.7 Å². The molecule has 3 heterocycles. The molecule has 0 aliphatic carbocycles. The molecule has 2 N–H and O–H groups in total. The molecule has 2 aromatic carbocycles. The molecule has 0 bridgehead atoms. The van der Waals surface area contributed by atoms with Crippen LogP contribution in [-0.2, 0) is 38.1 Å². The summed E-state index contributed by atoms with van der Waals surface area (Å²) in [6.07, 6.45) is 1.53. The molecule has 5 atom stereocenters. The van der Waals surface area contributed by atoms with Crippen LogP contribution >= 0.6 is 0 Å². The molecule has 0 spiro atoms. The monoisotopic (exact) mass is 762 g/mol. The summed E-state index contributed by atoms with van der Waals surface area (Å²) in [6.45, 7) is 2.82. The number of alkyl carbamates (subject to hydrolysis) is 2. The summed E-state index contributed by atoms with van der Waals surface area (Å²) in [7, 11) is 2.40. The zero-order chi connectivity index (χ0) is 39.8. The maximum absolute atomic E-state index is 13.2. The zero-order valence-corrected chi connectivity index (χ0v) is 31.2. The van der Waals surface area contributed by atoms with Crippen molar-refractivity contribution in [3.63, 3.8) is 0 Å². The lowest BCUT2D eigenvalue weighted by atomic mass is 9.98. The van der Waals surface area contributed by atoms with Gasteiger partial charge in [-0.2, -0.15) is 0 Å². The highest BCUT2D eigenvalue weighted by Gasteiger charge is 2.47. The van der Waals surface area contributed by atoms with E-state index in [1.165, 1.54) is 24.0 Å². The molecular weight excluding hydrogens is 716 g/mol. The predicted octanol–water partition coefficient (Wildman–Crippen LogP) is 3.06. The third-order valence-electron chi connectivity index (χ3n) is 10.2. The number of methoxy groups -OCH3 is 2. The van der Waals surface area contributed by atoms with Gasteiger partial charge in [-0.1, -0.05) is 62.4 Å². The molecule has 0 unspecified atom stereocenters. The normalized spacial score (nSPS) is 20.9. The Morgan fingerprint density at radius 2 is 1.24 bits per heavy atom. The number of carbonyl (C=O) groups is 8. The summed E-state index contributed by atoms with van der Waals surface area (Å²) < 4.78 is 19.9. The fourth-order valence-electron chi connectivity index (χ4n) is 7.21. The molecule has 3 aliphatic heterocycles. The molecule has 3 saturated heterocycles. The fraction of sp³-hybridized carbons (Fsp3) is 0.487. The number of benzene rings is 2. The van der Waals surface area contributed by atoms with Gasteiger partial charge in [0.1, 0.15) is 24.2 Å². The molecule has 294 valence electrons. The molecule has 0 saturated carbocycles. The summed E-state index contributed by atoms with van der Waals surface area (Å²) >= 11 is 0. The van der Waals surface area contributed by atoms with Crippen LogP contribution in [0.3, 0.4) is 0 Å². The number of ketones is 2. The number of nitrogens with zero attached hydrogens (tertiary/aromatic N) is 2. The average molecular weight is 763 g/mol. The standard InChI is InChI=1S/C39H46N4O12/c1-22(2)33(41-39(51)53-4)35(47)42-19-5-6-29(42)36(48)54-20-31(44)25-11-7-23(8-12-25)24-9-13-26(14-10-24)32(45)21-55-37(49)30-18-16-27-15-17-28(34(46)43(27)30)40-38(50)52-3/h7-14,22,27-30,33H,5-6,15-21H2,1-4H3,(H,40,50)(H,41,51)/t27-,28+,29+,30+,33+/m1/s1. The Morgan fingerprint density at radius 3 is 1.76 bits per heavy atom. The Balaban J connectivity index is 1.10. The van der Waals surface area contributed by atoms with E-state index in [4.69, 9.17) is 9.47 Å². The van der Waals surface area contributed by atoms with E-state index >= 15 is 0 Å². The van der Waals surface area contributed by atoms with Gasteiger partial charge in [-0.05, 0) is 55.6 Å². The molecule has 3 aliphatic rings. The Labute approximate surface area is 318 Å². The number of piperidine rings is 1. The average Bonchev–Trinajstić information content (AvgIpc) is 3.87. The lowest BCUT2D eigenvalue weighted by Crippen LogP contribution is -2.57. The van der Waals surface area contributed by atoms with Crippen LogP contribution in [0.15, 0.2) is 48.5 Å². The van der Waals surface area contributed by atoms with Crippen LogP contribution in [0.1, 0.15) is 73.1 Å². The number of likely N-dealkylation sites (tertiary alicyclic amines) is 1. The number of rotatable bonds is 13. The minimum absolute atomic E-state index is 0.136. The zero-order valence-electron chi connectivity index (χ0n) is 31.2. The number of carbonyl (C=O) groups excluding carboxylic acids is 8. The topological polar surface area (TPSA) is 204 Å². The highest BCUT2D eigenvalue weighted by atomic mass is 16.6. The minimum atomic E-state index is -0.893. The maximum Gasteiger partial charge on any atom is 0.407 e. The summed E-state index contributed by atoms with van der Waals surface area (Å²) in [6, 6.07) is 9.70. The van der Waals surface area contributed by atoms with E-state index in [1.807, 2.05) is 0 Å². The first-order valence-corrected chi connectivity index (χ1v) is 18.2. The Bertz CT molecular complexity index is 1790. The molecule has 5 rings (SSSR count). The molecule has 4 amide bonds. The number of hydrogen-bond donors (Lipinski definition) is 2. The molecular formula is C39H46N4O12. The largest absolute Gasteiger partial charge is 0.456 e. The first-order valence-electron chi connectivity index (χ1n) is 18.2. The van der Waals surface area contributed by atoms with Gasteiger partial charge in [0.15, 0.2) is 24.8 Å². The van der Waals surface area contributed by atoms with E-state index < -0.39 is 79.0 Å². The predicted molar refractivity (Wildman–Crippen MR) is 194 cm³/mol. The van der Waals surface area contributed by atoms with Crippen molar-refractivity contribution in [1.82, 2.24) is 20.4 Å². The van der Waals surface area contributed by atoms with Crippen molar-refractivity contribution in [2.45, 2.75) is 82.6 Å². The number of amides is 4. The van der Waals surface area contributed by atoms with E-state index in [0.717, 1.165) is 11.1 Å². The van der Waals surface area contributed by atoms with E-state index in [9.17, 15) is 38.4 Å². The van der Waals surface area contributed by atoms with Crippen LogP contribution in [-0.4, -0.2) is 121 Å². The van der Waals surface area contributed by atoms with Crippen molar-refractivity contribution in [2.75, 3.05) is 34.0 Å². The Hall–Kier alpha value is -5.80. The van der Waals surface area contributed by atoms with Crippen molar-refractivity contribution in [3.05, 3.63) is 59.7 Å². The Morgan fingerprint density at radius 1 is 0.709 bits per heavy atom. The number of esters is 2.